The third-order valence-electron chi connectivity index (χ3n) is 3.30. The number of esters is 1. The first kappa shape index (κ1) is 15.1. The zero-order chi connectivity index (χ0) is 15.1. The summed E-state index contributed by atoms with van der Waals surface area (Å²) in [5.41, 5.74) is 1.80. The third kappa shape index (κ3) is 4.33. The van der Waals surface area contributed by atoms with E-state index in [1.54, 1.807) is 12.1 Å². The summed E-state index contributed by atoms with van der Waals surface area (Å²) in [4.78, 5) is 11.9. The van der Waals surface area contributed by atoms with Crippen molar-refractivity contribution < 1.29 is 14.6 Å². The summed E-state index contributed by atoms with van der Waals surface area (Å²) in [6.07, 6.45) is 0.543. The zero-order valence-corrected chi connectivity index (χ0v) is 12.0. The van der Waals surface area contributed by atoms with Crippen molar-refractivity contribution in [3.05, 3.63) is 65.7 Å². The monoisotopic (exact) mass is 285 g/mol. The molecule has 0 saturated carbocycles. The lowest BCUT2D eigenvalue weighted by atomic mass is 10.1. The maximum absolute atomic E-state index is 11.9. The molecule has 0 bridgehead atoms. The van der Waals surface area contributed by atoms with Crippen LogP contribution in [0, 0.1) is 0 Å². The number of hydrogen-bond acceptors (Lipinski definition) is 4. The van der Waals surface area contributed by atoms with Crippen molar-refractivity contribution in [2.24, 2.45) is 0 Å². The average Bonchev–Trinajstić information content (AvgIpc) is 2.53. The highest BCUT2D eigenvalue weighted by molar-refractivity contribution is 5.76. The second kappa shape index (κ2) is 7.45. The number of methoxy groups -OCH3 is 1. The highest BCUT2D eigenvalue weighted by Crippen LogP contribution is 2.15. The molecule has 2 rings (SSSR count). The van der Waals surface area contributed by atoms with Crippen LogP contribution in [0.25, 0.3) is 0 Å². The van der Waals surface area contributed by atoms with Gasteiger partial charge in [0, 0.05) is 12.1 Å². The Morgan fingerprint density at radius 1 is 1.14 bits per heavy atom. The van der Waals surface area contributed by atoms with E-state index in [0.29, 0.717) is 13.0 Å². The molecule has 0 aliphatic carbocycles. The topological polar surface area (TPSA) is 58.6 Å². The normalized spacial score (nSPS) is 11.9. The van der Waals surface area contributed by atoms with Gasteiger partial charge >= 0.3 is 5.97 Å². The molecule has 0 heterocycles. The molecule has 0 amide bonds. The van der Waals surface area contributed by atoms with E-state index < -0.39 is 6.04 Å². The van der Waals surface area contributed by atoms with E-state index in [0.717, 1.165) is 11.1 Å². The van der Waals surface area contributed by atoms with E-state index in [2.05, 4.69) is 5.32 Å². The van der Waals surface area contributed by atoms with E-state index in [4.69, 9.17) is 4.74 Å². The van der Waals surface area contributed by atoms with E-state index >= 15 is 0 Å². The largest absolute Gasteiger partial charge is 0.508 e. The summed E-state index contributed by atoms with van der Waals surface area (Å²) >= 11 is 0. The number of nitrogens with one attached hydrogen (secondary N) is 1. The van der Waals surface area contributed by atoms with Crippen LogP contribution in [-0.4, -0.2) is 24.2 Å². The van der Waals surface area contributed by atoms with Crippen LogP contribution < -0.4 is 5.32 Å². The van der Waals surface area contributed by atoms with Crippen LogP contribution in [0.5, 0.6) is 5.75 Å². The number of para-hydroxylation sites is 1. The molecular weight excluding hydrogens is 266 g/mol. The molecule has 0 aromatic heterocycles. The molecule has 4 heteroatoms. The molecule has 1 unspecified atom stereocenters. The molecule has 2 N–H and O–H groups in total. The van der Waals surface area contributed by atoms with Gasteiger partial charge in [0.05, 0.1) is 7.11 Å². The molecule has 1 atom stereocenters. The standard InChI is InChI=1S/C17H19NO3/c1-21-17(20)15(11-13-7-3-2-4-8-13)18-12-14-9-5-6-10-16(14)19/h2-10,15,18-19H,11-12H2,1H3. The Hall–Kier alpha value is -2.33. The van der Waals surface area contributed by atoms with Crippen molar-refractivity contribution in [3.63, 3.8) is 0 Å². The van der Waals surface area contributed by atoms with Crippen LogP contribution in [0.4, 0.5) is 0 Å². The van der Waals surface area contributed by atoms with Gasteiger partial charge in [0.25, 0.3) is 0 Å². The molecule has 0 fully saturated rings. The summed E-state index contributed by atoms with van der Waals surface area (Å²) in [5.74, 6) is -0.0948. The van der Waals surface area contributed by atoms with Crippen LogP contribution in [0.3, 0.4) is 0 Å². The lowest BCUT2D eigenvalue weighted by Crippen LogP contribution is -2.39. The first-order valence-electron chi connectivity index (χ1n) is 6.82. The Kier molecular flexibility index (Phi) is 5.35. The van der Waals surface area contributed by atoms with Gasteiger partial charge in [0.2, 0.25) is 0 Å². The van der Waals surface area contributed by atoms with Crippen LogP contribution in [0.15, 0.2) is 54.6 Å². The molecule has 4 nitrogen and oxygen atoms in total. The molecule has 21 heavy (non-hydrogen) atoms. The molecule has 0 aliphatic heterocycles. The first-order chi connectivity index (χ1) is 10.2. The number of phenolic OH excluding ortho intramolecular Hbond substituents is 1. The van der Waals surface area contributed by atoms with Gasteiger partial charge in [0.1, 0.15) is 11.8 Å². The van der Waals surface area contributed by atoms with Crippen molar-refractivity contribution >= 4 is 5.97 Å². The fraction of sp³-hybridized carbons (Fsp3) is 0.235. The molecule has 0 radical (unpaired) electrons. The fourth-order valence-corrected chi connectivity index (χ4v) is 2.12. The molecule has 2 aromatic rings. The van der Waals surface area contributed by atoms with Gasteiger partial charge < -0.3 is 9.84 Å². The fourth-order valence-electron chi connectivity index (χ4n) is 2.12. The SMILES string of the molecule is COC(=O)C(Cc1ccccc1)NCc1ccccc1O. The first-order valence-corrected chi connectivity index (χ1v) is 6.82. The van der Waals surface area contributed by atoms with Gasteiger partial charge in [0.15, 0.2) is 0 Å². The number of ether oxygens (including phenoxy) is 1. The highest BCUT2D eigenvalue weighted by atomic mass is 16.5. The van der Waals surface area contributed by atoms with Gasteiger partial charge in [-0.3, -0.25) is 10.1 Å². The Labute approximate surface area is 124 Å². The minimum Gasteiger partial charge on any atom is -0.508 e. The van der Waals surface area contributed by atoms with E-state index in [9.17, 15) is 9.90 Å². The number of carbonyl (C=O) groups is 1. The molecule has 2 aromatic carbocycles. The van der Waals surface area contributed by atoms with E-state index in [1.807, 2.05) is 42.5 Å². The Morgan fingerprint density at radius 3 is 2.48 bits per heavy atom. The number of hydrogen-bond donors (Lipinski definition) is 2. The predicted molar refractivity (Wildman–Crippen MR) is 80.9 cm³/mol. The van der Waals surface area contributed by atoms with Crippen LogP contribution in [-0.2, 0) is 22.5 Å². The summed E-state index contributed by atoms with van der Waals surface area (Å²) in [5, 5.41) is 12.9. The smallest absolute Gasteiger partial charge is 0.323 e. The zero-order valence-electron chi connectivity index (χ0n) is 12.0. The number of aromatic hydroxyl groups is 1. The Morgan fingerprint density at radius 2 is 1.81 bits per heavy atom. The maximum atomic E-state index is 11.9. The van der Waals surface area contributed by atoms with Crippen LogP contribution in [0.2, 0.25) is 0 Å². The minimum atomic E-state index is -0.447. The second-order valence-corrected chi connectivity index (χ2v) is 4.78. The van der Waals surface area contributed by atoms with Crippen molar-refractivity contribution in [2.75, 3.05) is 7.11 Å². The van der Waals surface area contributed by atoms with Gasteiger partial charge in [-0.1, -0.05) is 48.5 Å². The van der Waals surface area contributed by atoms with Crippen molar-refractivity contribution in [3.8, 4) is 5.75 Å². The van der Waals surface area contributed by atoms with Crippen LogP contribution >= 0.6 is 0 Å². The number of phenols is 1. The predicted octanol–water partition coefficient (Wildman–Crippen LogP) is 2.27. The lowest BCUT2D eigenvalue weighted by molar-refractivity contribution is -0.143. The lowest BCUT2D eigenvalue weighted by Gasteiger charge is -2.17. The quantitative estimate of drug-likeness (QED) is 0.799. The molecule has 110 valence electrons. The molecular formula is C17H19NO3. The van der Waals surface area contributed by atoms with Crippen LogP contribution in [0.1, 0.15) is 11.1 Å². The summed E-state index contributed by atoms with van der Waals surface area (Å²) in [6.45, 7) is 0.402. The molecule has 0 aliphatic rings. The van der Waals surface area contributed by atoms with Gasteiger partial charge in [-0.25, -0.2) is 0 Å². The highest BCUT2D eigenvalue weighted by Gasteiger charge is 2.19. The van der Waals surface area contributed by atoms with Crippen molar-refractivity contribution in [1.29, 1.82) is 0 Å². The van der Waals surface area contributed by atoms with Gasteiger partial charge in [-0.15, -0.1) is 0 Å². The average molecular weight is 285 g/mol. The molecule has 0 saturated heterocycles. The summed E-state index contributed by atoms with van der Waals surface area (Å²) in [6, 6.07) is 16.4. The second-order valence-electron chi connectivity index (χ2n) is 4.78. The van der Waals surface area contributed by atoms with E-state index in [1.165, 1.54) is 7.11 Å². The number of carbonyl (C=O) groups excluding carboxylic acids is 1. The van der Waals surface area contributed by atoms with E-state index in [-0.39, 0.29) is 11.7 Å². The Bertz CT molecular complexity index is 584. The molecule has 0 spiro atoms. The summed E-state index contributed by atoms with van der Waals surface area (Å²) < 4.78 is 4.84. The minimum absolute atomic E-state index is 0.216. The van der Waals surface area contributed by atoms with Gasteiger partial charge in [-0.2, -0.15) is 0 Å². The summed E-state index contributed by atoms with van der Waals surface area (Å²) in [7, 11) is 1.38. The number of benzene rings is 2. The maximum Gasteiger partial charge on any atom is 0.323 e. The number of rotatable bonds is 6. The van der Waals surface area contributed by atoms with Gasteiger partial charge in [-0.05, 0) is 18.1 Å². The third-order valence-corrected chi connectivity index (χ3v) is 3.30. The van der Waals surface area contributed by atoms with Crippen molar-refractivity contribution in [2.45, 2.75) is 19.0 Å². The van der Waals surface area contributed by atoms with Crippen molar-refractivity contribution in [1.82, 2.24) is 5.32 Å². The Balaban J connectivity index is 2.03.